The molecule has 2 N–H and O–H groups in total. The Hall–Kier alpha value is -2.38. The SMILES string of the molecule is Cc1ccc(F)c(OCC(N)(C#N)c2ccccc2)c1. The van der Waals surface area contributed by atoms with E-state index in [0.717, 1.165) is 5.56 Å². The van der Waals surface area contributed by atoms with E-state index in [4.69, 9.17) is 10.5 Å². The van der Waals surface area contributed by atoms with Crippen molar-refractivity contribution in [1.82, 2.24) is 0 Å². The minimum atomic E-state index is -1.31. The average Bonchev–Trinajstić information content (AvgIpc) is 2.49. The van der Waals surface area contributed by atoms with Gasteiger partial charge in [-0.2, -0.15) is 5.26 Å². The quantitative estimate of drug-likeness (QED) is 0.929. The van der Waals surface area contributed by atoms with Crippen molar-refractivity contribution in [2.45, 2.75) is 12.5 Å². The van der Waals surface area contributed by atoms with E-state index < -0.39 is 11.4 Å². The van der Waals surface area contributed by atoms with Crippen LogP contribution in [0.5, 0.6) is 5.75 Å². The number of rotatable bonds is 4. The van der Waals surface area contributed by atoms with Gasteiger partial charge in [-0.1, -0.05) is 36.4 Å². The molecule has 0 radical (unpaired) electrons. The van der Waals surface area contributed by atoms with E-state index in [-0.39, 0.29) is 12.4 Å². The van der Waals surface area contributed by atoms with Crippen molar-refractivity contribution in [3.05, 3.63) is 65.5 Å². The molecule has 2 aromatic carbocycles. The Labute approximate surface area is 117 Å². The van der Waals surface area contributed by atoms with Gasteiger partial charge in [0.1, 0.15) is 6.61 Å². The number of hydrogen-bond acceptors (Lipinski definition) is 3. The summed E-state index contributed by atoms with van der Waals surface area (Å²) in [5.74, 6) is -0.366. The summed E-state index contributed by atoms with van der Waals surface area (Å²) in [6, 6.07) is 15.5. The lowest BCUT2D eigenvalue weighted by atomic mass is 9.94. The second-order valence-corrected chi connectivity index (χ2v) is 4.67. The first kappa shape index (κ1) is 14.0. The van der Waals surface area contributed by atoms with E-state index in [1.807, 2.05) is 19.1 Å². The molecule has 4 heteroatoms. The summed E-state index contributed by atoms with van der Waals surface area (Å²) in [5, 5.41) is 9.29. The molecule has 0 aromatic heterocycles. The lowest BCUT2D eigenvalue weighted by molar-refractivity contribution is 0.245. The summed E-state index contributed by atoms with van der Waals surface area (Å²) in [5.41, 5.74) is 6.25. The van der Waals surface area contributed by atoms with Crippen LogP contribution in [0.3, 0.4) is 0 Å². The second-order valence-electron chi connectivity index (χ2n) is 4.67. The number of halogens is 1. The van der Waals surface area contributed by atoms with E-state index >= 15 is 0 Å². The van der Waals surface area contributed by atoms with Crippen LogP contribution in [-0.4, -0.2) is 6.61 Å². The van der Waals surface area contributed by atoms with Gasteiger partial charge in [0.05, 0.1) is 6.07 Å². The van der Waals surface area contributed by atoms with Gasteiger partial charge in [0.2, 0.25) is 0 Å². The number of benzene rings is 2. The maximum absolute atomic E-state index is 13.6. The Morgan fingerprint density at radius 3 is 2.60 bits per heavy atom. The Morgan fingerprint density at radius 2 is 1.95 bits per heavy atom. The summed E-state index contributed by atoms with van der Waals surface area (Å²) < 4.78 is 19.0. The van der Waals surface area contributed by atoms with E-state index in [1.54, 1.807) is 36.4 Å². The molecule has 0 fully saturated rings. The monoisotopic (exact) mass is 270 g/mol. The molecule has 2 aromatic rings. The van der Waals surface area contributed by atoms with Crippen LogP contribution in [0, 0.1) is 24.1 Å². The minimum absolute atomic E-state index is 0.103. The van der Waals surface area contributed by atoms with E-state index in [2.05, 4.69) is 0 Å². The van der Waals surface area contributed by atoms with Crippen LogP contribution in [0.25, 0.3) is 0 Å². The first-order valence-corrected chi connectivity index (χ1v) is 6.20. The van der Waals surface area contributed by atoms with Gasteiger partial charge in [-0.05, 0) is 30.2 Å². The van der Waals surface area contributed by atoms with Gasteiger partial charge in [-0.3, -0.25) is 0 Å². The lowest BCUT2D eigenvalue weighted by Gasteiger charge is -2.22. The Balaban J connectivity index is 2.20. The second kappa shape index (κ2) is 5.72. The Bertz CT molecular complexity index is 637. The highest BCUT2D eigenvalue weighted by Gasteiger charge is 2.28. The van der Waals surface area contributed by atoms with E-state index in [9.17, 15) is 9.65 Å². The highest BCUT2D eigenvalue weighted by Crippen LogP contribution is 2.23. The molecular weight excluding hydrogens is 255 g/mol. The number of nitrogens with zero attached hydrogens (tertiary/aromatic N) is 1. The molecule has 0 amide bonds. The standard InChI is InChI=1S/C16H15FN2O/c1-12-7-8-14(17)15(9-12)20-11-16(19,10-18)13-5-3-2-4-6-13/h2-9H,11,19H2,1H3. The van der Waals surface area contributed by atoms with Crippen molar-refractivity contribution in [3.8, 4) is 11.8 Å². The molecule has 0 saturated heterocycles. The molecule has 2 rings (SSSR count). The van der Waals surface area contributed by atoms with Gasteiger partial charge in [0.25, 0.3) is 0 Å². The van der Waals surface area contributed by atoms with Crippen LogP contribution in [-0.2, 0) is 5.54 Å². The van der Waals surface area contributed by atoms with Gasteiger partial charge in [-0.25, -0.2) is 4.39 Å². The first-order chi connectivity index (χ1) is 9.55. The van der Waals surface area contributed by atoms with Gasteiger partial charge in [0.15, 0.2) is 17.1 Å². The molecule has 0 aliphatic carbocycles. The lowest BCUT2D eigenvalue weighted by Crippen LogP contribution is -2.41. The molecule has 0 spiro atoms. The van der Waals surface area contributed by atoms with Gasteiger partial charge >= 0.3 is 0 Å². The third kappa shape index (κ3) is 2.95. The Morgan fingerprint density at radius 1 is 1.25 bits per heavy atom. The van der Waals surface area contributed by atoms with Gasteiger partial charge in [-0.15, -0.1) is 0 Å². The number of ether oxygens (including phenoxy) is 1. The van der Waals surface area contributed by atoms with Crippen molar-refractivity contribution < 1.29 is 9.13 Å². The van der Waals surface area contributed by atoms with Crippen LogP contribution in [0.1, 0.15) is 11.1 Å². The van der Waals surface area contributed by atoms with Crippen molar-refractivity contribution in [1.29, 1.82) is 5.26 Å². The summed E-state index contributed by atoms with van der Waals surface area (Å²) in [7, 11) is 0. The zero-order valence-corrected chi connectivity index (χ0v) is 11.1. The molecule has 0 aliphatic rings. The molecule has 20 heavy (non-hydrogen) atoms. The largest absolute Gasteiger partial charge is 0.487 e. The fourth-order valence-corrected chi connectivity index (χ4v) is 1.83. The highest BCUT2D eigenvalue weighted by atomic mass is 19.1. The minimum Gasteiger partial charge on any atom is -0.487 e. The zero-order chi connectivity index (χ0) is 14.6. The van der Waals surface area contributed by atoms with Crippen LogP contribution >= 0.6 is 0 Å². The Kier molecular flexibility index (Phi) is 4.02. The smallest absolute Gasteiger partial charge is 0.165 e. The third-order valence-electron chi connectivity index (χ3n) is 3.03. The number of nitriles is 1. The predicted octanol–water partition coefficient (Wildman–Crippen LogP) is 2.89. The molecule has 3 nitrogen and oxygen atoms in total. The zero-order valence-electron chi connectivity index (χ0n) is 11.1. The van der Waals surface area contributed by atoms with Crippen LogP contribution in [0.15, 0.2) is 48.5 Å². The molecule has 1 unspecified atom stereocenters. The summed E-state index contributed by atoms with van der Waals surface area (Å²) in [6.07, 6.45) is 0. The van der Waals surface area contributed by atoms with Crippen molar-refractivity contribution >= 4 is 0 Å². The summed E-state index contributed by atoms with van der Waals surface area (Å²) >= 11 is 0. The predicted molar refractivity (Wildman–Crippen MR) is 74.6 cm³/mol. The van der Waals surface area contributed by atoms with E-state index in [1.165, 1.54) is 6.07 Å². The molecular formula is C16H15FN2O. The van der Waals surface area contributed by atoms with Crippen molar-refractivity contribution in [2.24, 2.45) is 5.73 Å². The normalized spacial score (nSPS) is 13.3. The van der Waals surface area contributed by atoms with Crippen LogP contribution in [0.2, 0.25) is 0 Å². The maximum Gasteiger partial charge on any atom is 0.165 e. The van der Waals surface area contributed by atoms with Crippen LogP contribution < -0.4 is 10.5 Å². The van der Waals surface area contributed by atoms with Crippen LogP contribution in [0.4, 0.5) is 4.39 Å². The molecule has 0 saturated carbocycles. The first-order valence-electron chi connectivity index (χ1n) is 6.20. The summed E-state index contributed by atoms with van der Waals surface area (Å²) in [6.45, 7) is 1.72. The molecule has 102 valence electrons. The van der Waals surface area contributed by atoms with Gasteiger partial charge in [0, 0.05) is 0 Å². The number of aryl methyl sites for hydroxylation is 1. The third-order valence-corrected chi connectivity index (χ3v) is 3.03. The van der Waals surface area contributed by atoms with Crippen molar-refractivity contribution in [2.75, 3.05) is 6.61 Å². The van der Waals surface area contributed by atoms with E-state index in [0.29, 0.717) is 5.56 Å². The number of hydrogen-bond donors (Lipinski definition) is 1. The summed E-state index contributed by atoms with van der Waals surface area (Å²) in [4.78, 5) is 0. The average molecular weight is 270 g/mol. The fraction of sp³-hybridized carbons (Fsp3) is 0.188. The fourth-order valence-electron chi connectivity index (χ4n) is 1.83. The molecule has 1 atom stereocenters. The molecule has 0 bridgehead atoms. The van der Waals surface area contributed by atoms with Gasteiger partial charge < -0.3 is 10.5 Å². The maximum atomic E-state index is 13.6. The number of nitrogens with two attached hydrogens (primary N) is 1. The molecule has 0 heterocycles. The van der Waals surface area contributed by atoms with Crippen molar-refractivity contribution in [3.63, 3.8) is 0 Å². The highest BCUT2D eigenvalue weighted by molar-refractivity contribution is 5.33. The topological polar surface area (TPSA) is 59.0 Å². The molecule has 0 aliphatic heterocycles.